The lowest BCUT2D eigenvalue weighted by atomic mass is 9.98. The molecule has 2 aromatic rings. The van der Waals surface area contributed by atoms with Gasteiger partial charge in [0.1, 0.15) is 0 Å². The van der Waals surface area contributed by atoms with Gasteiger partial charge in [0.25, 0.3) is 0 Å². The van der Waals surface area contributed by atoms with Crippen molar-refractivity contribution >= 4 is 23.2 Å². The van der Waals surface area contributed by atoms with Crippen LogP contribution in [0.3, 0.4) is 0 Å². The molecule has 1 aliphatic rings. The Labute approximate surface area is 145 Å². The standard InChI is InChI=1S/C18H22N2O3S/c1-19-8-2-4-15(19)12-20(14-6-7-14)17(21)10-13(11-18(22)23)16-5-3-9-24-16/h2-5,8-9,13-14H,6-7,10-12H2,1H3,(H,22,23)/t13-/m0/s1. The minimum absolute atomic E-state index is 0.00504. The highest BCUT2D eigenvalue weighted by Gasteiger charge is 2.34. The molecule has 1 fully saturated rings. The number of aliphatic carboxylic acids is 1. The van der Waals surface area contributed by atoms with Crippen LogP contribution in [-0.2, 0) is 23.2 Å². The van der Waals surface area contributed by atoms with Crippen LogP contribution in [-0.4, -0.2) is 32.5 Å². The number of carboxylic acids is 1. The number of aromatic nitrogens is 1. The van der Waals surface area contributed by atoms with Gasteiger partial charge in [-0.3, -0.25) is 9.59 Å². The lowest BCUT2D eigenvalue weighted by Gasteiger charge is -2.25. The summed E-state index contributed by atoms with van der Waals surface area (Å²) in [7, 11) is 1.98. The monoisotopic (exact) mass is 346 g/mol. The SMILES string of the molecule is Cn1cccc1CN(C(=O)C[C@@H](CC(=O)O)c1cccs1)C1CC1. The summed E-state index contributed by atoms with van der Waals surface area (Å²) in [5, 5.41) is 11.1. The van der Waals surface area contributed by atoms with E-state index in [9.17, 15) is 14.7 Å². The summed E-state index contributed by atoms with van der Waals surface area (Å²) < 4.78 is 2.02. The van der Waals surface area contributed by atoms with E-state index in [0.29, 0.717) is 12.6 Å². The van der Waals surface area contributed by atoms with Crippen LogP contribution in [0.4, 0.5) is 0 Å². The maximum Gasteiger partial charge on any atom is 0.304 e. The van der Waals surface area contributed by atoms with Crippen molar-refractivity contribution in [3.05, 3.63) is 46.4 Å². The minimum Gasteiger partial charge on any atom is -0.481 e. The molecule has 0 bridgehead atoms. The normalized spacial score (nSPS) is 15.2. The van der Waals surface area contributed by atoms with Crippen LogP contribution in [0.15, 0.2) is 35.8 Å². The Kier molecular flexibility index (Phi) is 5.04. The van der Waals surface area contributed by atoms with Gasteiger partial charge in [0.05, 0.1) is 13.0 Å². The number of aryl methyl sites for hydroxylation is 1. The average molecular weight is 346 g/mol. The van der Waals surface area contributed by atoms with Crippen LogP contribution in [0.1, 0.15) is 42.2 Å². The van der Waals surface area contributed by atoms with Gasteiger partial charge >= 0.3 is 5.97 Å². The third-order valence-corrected chi connectivity index (χ3v) is 5.51. The van der Waals surface area contributed by atoms with Crippen LogP contribution in [0.5, 0.6) is 0 Å². The van der Waals surface area contributed by atoms with Gasteiger partial charge < -0.3 is 14.6 Å². The van der Waals surface area contributed by atoms with Crippen LogP contribution in [0.25, 0.3) is 0 Å². The zero-order valence-electron chi connectivity index (χ0n) is 13.7. The summed E-state index contributed by atoms with van der Waals surface area (Å²) >= 11 is 1.52. The van der Waals surface area contributed by atoms with Crippen molar-refractivity contribution < 1.29 is 14.7 Å². The summed E-state index contributed by atoms with van der Waals surface area (Å²) in [4.78, 5) is 27.0. The molecule has 2 aromatic heterocycles. The highest BCUT2D eigenvalue weighted by molar-refractivity contribution is 7.10. The molecule has 0 spiro atoms. The molecule has 2 heterocycles. The zero-order chi connectivity index (χ0) is 17.1. The minimum atomic E-state index is -0.860. The number of carboxylic acid groups (broad SMARTS) is 1. The highest BCUT2D eigenvalue weighted by Crippen LogP contribution is 2.33. The topological polar surface area (TPSA) is 62.5 Å². The van der Waals surface area contributed by atoms with Gasteiger partial charge in [0.2, 0.25) is 5.91 Å². The Morgan fingerprint density at radius 3 is 2.67 bits per heavy atom. The number of carbonyl (C=O) groups excluding carboxylic acids is 1. The second-order valence-electron chi connectivity index (χ2n) is 6.38. The number of hydrogen-bond donors (Lipinski definition) is 1. The highest BCUT2D eigenvalue weighted by atomic mass is 32.1. The molecule has 6 heteroatoms. The molecule has 0 aromatic carbocycles. The van der Waals surface area contributed by atoms with E-state index in [0.717, 1.165) is 23.4 Å². The Morgan fingerprint density at radius 1 is 1.33 bits per heavy atom. The quantitative estimate of drug-likeness (QED) is 0.798. The van der Waals surface area contributed by atoms with Crippen molar-refractivity contribution in [2.24, 2.45) is 7.05 Å². The average Bonchev–Trinajstić information content (AvgIpc) is 3.06. The van der Waals surface area contributed by atoms with E-state index in [1.54, 1.807) is 0 Å². The zero-order valence-corrected chi connectivity index (χ0v) is 14.5. The number of carbonyl (C=O) groups is 2. The van der Waals surface area contributed by atoms with Crippen LogP contribution < -0.4 is 0 Å². The lowest BCUT2D eigenvalue weighted by Crippen LogP contribution is -2.34. The van der Waals surface area contributed by atoms with Crippen LogP contribution in [0.2, 0.25) is 0 Å². The predicted octanol–water partition coefficient (Wildman–Crippen LogP) is 3.23. The first kappa shape index (κ1) is 16.8. The summed E-state index contributed by atoms with van der Waals surface area (Å²) in [5.41, 5.74) is 1.10. The van der Waals surface area contributed by atoms with E-state index in [1.807, 2.05) is 52.4 Å². The largest absolute Gasteiger partial charge is 0.481 e. The second-order valence-corrected chi connectivity index (χ2v) is 7.36. The third-order valence-electron chi connectivity index (χ3n) is 4.48. The maximum atomic E-state index is 12.9. The van der Waals surface area contributed by atoms with E-state index in [4.69, 9.17) is 0 Å². The van der Waals surface area contributed by atoms with Gasteiger partial charge in [-0.1, -0.05) is 6.07 Å². The first-order valence-corrected chi connectivity index (χ1v) is 9.07. The Bertz CT molecular complexity index is 704. The van der Waals surface area contributed by atoms with Crippen molar-refractivity contribution in [1.29, 1.82) is 0 Å². The Hall–Kier alpha value is -2.08. The molecule has 1 N–H and O–H groups in total. The molecule has 0 unspecified atom stereocenters. The molecule has 24 heavy (non-hydrogen) atoms. The molecule has 1 atom stereocenters. The van der Waals surface area contributed by atoms with Gasteiger partial charge in [-0.2, -0.15) is 0 Å². The Balaban J connectivity index is 1.72. The van der Waals surface area contributed by atoms with E-state index in [-0.39, 0.29) is 24.7 Å². The number of amides is 1. The summed E-state index contributed by atoms with van der Waals surface area (Å²) in [6, 6.07) is 8.13. The van der Waals surface area contributed by atoms with E-state index >= 15 is 0 Å². The first-order valence-electron chi connectivity index (χ1n) is 8.19. The summed E-state index contributed by atoms with van der Waals surface area (Å²) in [5.74, 6) is -1.05. The van der Waals surface area contributed by atoms with Crippen molar-refractivity contribution in [3.63, 3.8) is 0 Å². The van der Waals surface area contributed by atoms with Crippen molar-refractivity contribution in [3.8, 4) is 0 Å². The smallest absolute Gasteiger partial charge is 0.304 e. The fourth-order valence-electron chi connectivity index (χ4n) is 2.98. The first-order chi connectivity index (χ1) is 11.5. The molecular weight excluding hydrogens is 324 g/mol. The number of nitrogens with zero attached hydrogens (tertiary/aromatic N) is 2. The molecule has 1 saturated carbocycles. The van der Waals surface area contributed by atoms with Crippen molar-refractivity contribution in [2.45, 2.75) is 44.2 Å². The molecule has 1 amide bonds. The molecule has 5 nitrogen and oxygen atoms in total. The summed E-state index contributed by atoms with van der Waals surface area (Å²) in [6.07, 6.45) is 4.31. The number of thiophene rings is 1. The van der Waals surface area contributed by atoms with Crippen molar-refractivity contribution in [2.75, 3.05) is 0 Å². The van der Waals surface area contributed by atoms with E-state index in [1.165, 1.54) is 11.3 Å². The van der Waals surface area contributed by atoms with Gasteiger partial charge in [0.15, 0.2) is 0 Å². The lowest BCUT2D eigenvalue weighted by molar-refractivity contribution is -0.138. The second kappa shape index (κ2) is 7.21. The number of hydrogen-bond acceptors (Lipinski definition) is 3. The van der Waals surface area contributed by atoms with Gasteiger partial charge in [-0.05, 0) is 36.4 Å². The molecule has 3 rings (SSSR count). The van der Waals surface area contributed by atoms with Crippen LogP contribution >= 0.6 is 11.3 Å². The van der Waals surface area contributed by atoms with Gasteiger partial charge in [-0.15, -0.1) is 11.3 Å². The third kappa shape index (κ3) is 4.06. The van der Waals surface area contributed by atoms with Gasteiger partial charge in [-0.25, -0.2) is 0 Å². The van der Waals surface area contributed by atoms with E-state index in [2.05, 4.69) is 0 Å². The van der Waals surface area contributed by atoms with Gasteiger partial charge in [0, 0.05) is 42.2 Å². The maximum absolute atomic E-state index is 12.9. The molecule has 128 valence electrons. The molecule has 0 aliphatic heterocycles. The fraction of sp³-hybridized carbons (Fsp3) is 0.444. The predicted molar refractivity (Wildman–Crippen MR) is 92.9 cm³/mol. The molecule has 0 saturated heterocycles. The van der Waals surface area contributed by atoms with Crippen molar-refractivity contribution in [1.82, 2.24) is 9.47 Å². The van der Waals surface area contributed by atoms with E-state index < -0.39 is 5.97 Å². The molecule has 1 aliphatic carbocycles. The molecular formula is C18H22N2O3S. The number of rotatable bonds is 8. The molecule has 0 radical (unpaired) electrons. The summed E-state index contributed by atoms with van der Waals surface area (Å²) in [6.45, 7) is 0.594. The Morgan fingerprint density at radius 2 is 2.12 bits per heavy atom. The fourth-order valence-corrected chi connectivity index (χ4v) is 3.81. The van der Waals surface area contributed by atoms with Crippen LogP contribution in [0, 0.1) is 0 Å².